The Morgan fingerprint density at radius 3 is 2.40 bits per heavy atom. The molecule has 16 nitrogen and oxygen atoms in total. The zero-order chi connectivity index (χ0) is 37.1. The second-order valence-electron chi connectivity index (χ2n) is 12.4. The normalized spacial score (nSPS) is 14.2. The van der Waals surface area contributed by atoms with E-state index >= 15 is 0 Å². The number of likely N-dealkylation sites (N-methyl/N-ethyl adjacent to an activating group) is 1. The molecule has 0 spiro atoms. The molecule has 3 aromatic heterocycles. The van der Waals surface area contributed by atoms with Gasteiger partial charge in [-0.05, 0) is 69.7 Å². The highest BCUT2D eigenvalue weighted by molar-refractivity contribution is 6.04. The SMILES string of the molecule is CCN1N=C(C)CC1C(=O)Nc1nc2cc(C=O)cc(CC#N)c2n1C/C=C/Cn1c(NC(=O)c2cc(C)nn2CC)nc2cc(C(N)=O)ccc21. The van der Waals surface area contributed by atoms with Crippen molar-refractivity contribution in [2.45, 2.75) is 66.2 Å². The number of nitrogens with zero attached hydrogens (tertiary/aromatic N) is 9. The molecule has 4 N–H and O–H groups in total. The lowest BCUT2D eigenvalue weighted by Gasteiger charge is -2.21. The zero-order valence-electron chi connectivity index (χ0n) is 29.3. The topological polar surface area (TPSA) is 211 Å². The van der Waals surface area contributed by atoms with Crippen molar-refractivity contribution in [1.82, 2.24) is 33.9 Å². The average molecular weight is 703 g/mol. The predicted molar refractivity (Wildman–Crippen MR) is 195 cm³/mol. The number of nitrogens with one attached hydrogen (secondary N) is 2. The first kappa shape index (κ1) is 35.2. The maximum Gasteiger partial charge on any atom is 0.276 e. The Kier molecular flexibility index (Phi) is 9.95. The van der Waals surface area contributed by atoms with Crippen molar-refractivity contribution in [3.63, 3.8) is 0 Å². The number of fused-ring (bicyclic) bond motifs is 2. The van der Waals surface area contributed by atoms with Gasteiger partial charge in [-0.2, -0.15) is 15.5 Å². The molecule has 16 heteroatoms. The molecule has 0 saturated carbocycles. The van der Waals surface area contributed by atoms with Crippen LogP contribution in [0.15, 0.2) is 53.7 Å². The molecule has 1 aliphatic heterocycles. The number of imidazole rings is 2. The van der Waals surface area contributed by atoms with Crippen LogP contribution in [0, 0.1) is 18.3 Å². The van der Waals surface area contributed by atoms with Gasteiger partial charge in [-0.15, -0.1) is 0 Å². The molecule has 0 radical (unpaired) electrons. The Bertz CT molecular complexity index is 2340. The maximum atomic E-state index is 13.6. The quantitative estimate of drug-likeness (QED) is 0.120. The number of amides is 3. The van der Waals surface area contributed by atoms with Crippen molar-refractivity contribution < 1.29 is 19.2 Å². The van der Waals surface area contributed by atoms with Crippen LogP contribution in [0.5, 0.6) is 0 Å². The van der Waals surface area contributed by atoms with Gasteiger partial charge in [0.2, 0.25) is 17.8 Å². The number of carbonyl (C=O) groups excluding carboxylic acids is 4. The van der Waals surface area contributed by atoms with Crippen LogP contribution >= 0.6 is 0 Å². The summed E-state index contributed by atoms with van der Waals surface area (Å²) in [5.74, 6) is -0.765. The molecule has 1 aliphatic rings. The lowest BCUT2D eigenvalue weighted by atomic mass is 10.1. The third kappa shape index (κ3) is 6.88. The first-order valence-electron chi connectivity index (χ1n) is 16.8. The van der Waals surface area contributed by atoms with Gasteiger partial charge in [0.05, 0.1) is 40.3 Å². The van der Waals surface area contributed by atoms with Crippen LogP contribution in [0.25, 0.3) is 22.1 Å². The number of nitrogens with two attached hydrogens (primary N) is 1. The Labute approximate surface area is 298 Å². The van der Waals surface area contributed by atoms with Crippen molar-refractivity contribution in [3.8, 4) is 6.07 Å². The Balaban J connectivity index is 1.34. The van der Waals surface area contributed by atoms with Gasteiger partial charge in [-0.25, -0.2) is 9.97 Å². The first-order valence-corrected chi connectivity index (χ1v) is 16.8. The van der Waals surface area contributed by atoms with E-state index in [1.165, 1.54) is 0 Å². The van der Waals surface area contributed by atoms with E-state index in [9.17, 15) is 24.4 Å². The molecule has 0 aliphatic carbocycles. The summed E-state index contributed by atoms with van der Waals surface area (Å²) in [5.41, 5.74) is 10.9. The second-order valence-corrected chi connectivity index (χ2v) is 12.4. The van der Waals surface area contributed by atoms with Crippen LogP contribution in [0.2, 0.25) is 0 Å². The van der Waals surface area contributed by atoms with E-state index in [4.69, 9.17) is 10.7 Å². The van der Waals surface area contributed by atoms with Gasteiger partial charge in [0.25, 0.3) is 11.8 Å². The molecule has 3 amide bonds. The van der Waals surface area contributed by atoms with Gasteiger partial charge >= 0.3 is 0 Å². The number of hydrazone groups is 1. The molecule has 1 atom stereocenters. The fourth-order valence-corrected chi connectivity index (χ4v) is 6.43. The smallest absolute Gasteiger partial charge is 0.276 e. The highest BCUT2D eigenvalue weighted by Crippen LogP contribution is 2.27. The van der Waals surface area contributed by atoms with Crippen LogP contribution < -0.4 is 16.4 Å². The molecule has 0 saturated heterocycles. The number of nitriles is 1. The lowest BCUT2D eigenvalue weighted by molar-refractivity contribution is -0.120. The largest absolute Gasteiger partial charge is 0.366 e. The summed E-state index contributed by atoms with van der Waals surface area (Å²) in [4.78, 5) is 60.0. The number of primary amides is 1. The van der Waals surface area contributed by atoms with Crippen LogP contribution in [-0.4, -0.2) is 76.2 Å². The molecule has 2 aromatic carbocycles. The highest BCUT2D eigenvalue weighted by atomic mass is 16.2. The molecule has 0 bridgehead atoms. The van der Waals surface area contributed by atoms with Gasteiger partial charge in [0.1, 0.15) is 18.0 Å². The number of aldehydes is 1. The third-order valence-electron chi connectivity index (χ3n) is 8.79. The number of hydrogen-bond acceptors (Lipinski definition) is 10. The second kappa shape index (κ2) is 14.7. The Morgan fingerprint density at radius 1 is 0.981 bits per heavy atom. The van der Waals surface area contributed by atoms with E-state index in [0.717, 1.165) is 5.71 Å². The molecule has 0 fully saturated rings. The number of allylic oxidation sites excluding steroid dienone is 2. The lowest BCUT2D eigenvalue weighted by Crippen LogP contribution is -2.38. The summed E-state index contributed by atoms with van der Waals surface area (Å²) in [6, 6.07) is 11.5. The Hall–Kier alpha value is -6.63. The van der Waals surface area contributed by atoms with E-state index in [2.05, 4.69) is 31.9 Å². The number of anilines is 2. The van der Waals surface area contributed by atoms with Gasteiger partial charge < -0.3 is 14.9 Å². The zero-order valence-corrected chi connectivity index (χ0v) is 29.3. The minimum absolute atomic E-state index is 0.0219. The molecular weight excluding hydrogens is 664 g/mol. The summed E-state index contributed by atoms with van der Waals surface area (Å²) in [6.45, 7) is 9.05. The standard InChI is InChI=1S/C36H38N12O4/c1-5-47-29(15-21(3)43-47)33(51)41-35-39-26-19-25(32(38)50)9-10-28(26)45(35)13-7-8-14-46-31-24(11-12-37)17-23(20-49)18-27(31)40-36(46)42-34(52)30-16-22(4)44-48(30)6-2/h7-10,15,17-20,30H,5-6,11,13-14,16H2,1-4H3,(H2,38,50)(H,39,41,51)(H,40,42,52)/b8-7+. The van der Waals surface area contributed by atoms with Crippen LogP contribution in [0.3, 0.4) is 0 Å². The Morgan fingerprint density at radius 2 is 1.71 bits per heavy atom. The fourth-order valence-electron chi connectivity index (χ4n) is 6.43. The fraction of sp³-hybridized carbons (Fsp3) is 0.306. The van der Waals surface area contributed by atoms with Crippen molar-refractivity contribution in [3.05, 3.63) is 76.6 Å². The number of benzene rings is 2. The molecule has 6 rings (SSSR count). The minimum Gasteiger partial charge on any atom is -0.366 e. The number of aromatic nitrogens is 6. The van der Waals surface area contributed by atoms with E-state index in [1.54, 1.807) is 55.2 Å². The van der Waals surface area contributed by atoms with Crippen LogP contribution in [-0.2, 0) is 30.8 Å². The van der Waals surface area contributed by atoms with Crippen molar-refractivity contribution in [2.75, 3.05) is 17.2 Å². The van der Waals surface area contributed by atoms with Crippen LogP contribution in [0.4, 0.5) is 11.9 Å². The first-order chi connectivity index (χ1) is 25.0. The minimum atomic E-state index is -0.603. The molecule has 266 valence electrons. The van der Waals surface area contributed by atoms with Crippen molar-refractivity contribution in [2.24, 2.45) is 10.8 Å². The van der Waals surface area contributed by atoms with Crippen molar-refractivity contribution in [1.29, 1.82) is 5.26 Å². The van der Waals surface area contributed by atoms with E-state index in [0.29, 0.717) is 70.4 Å². The van der Waals surface area contributed by atoms with Gasteiger partial charge in [0, 0.05) is 49.4 Å². The van der Waals surface area contributed by atoms with Gasteiger partial charge in [-0.1, -0.05) is 12.2 Å². The molecular formula is C36H38N12O4. The monoisotopic (exact) mass is 702 g/mol. The summed E-state index contributed by atoms with van der Waals surface area (Å²) in [5, 5.41) is 26.1. The molecule has 1 unspecified atom stereocenters. The molecule has 5 aromatic rings. The summed E-state index contributed by atoms with van der Waals surface area (Å²) < 4.78 is 5.20. The number of carbonyl (C=O) groups is 4. The molecule has 52 heavy (non-hydrogen) atoms. The number of hydrogen-bond donors (Lipinski definition) is 3. The number of rotatable bonds is 13. The van der Waals surface area contributed by atoms with Crippen LogP contribution in [0.1, 0.15) is 69.7 Å². The van der Waals surface area contributed by atoms with Gasteiger partial charge in [0.15, 0.2) is 0 Å². The summed E-state index contributed by atoms with van der Waals surface area (Å²) in [6.07, 6.45) is 4.94. The number of aryl methyl sites for hydroxylation is 2. The highest BCUT2D eigenvalue weighted by Gasteiger charge is 2.31. The molecule has 4 heterocycles. The summed E-state index contributed by atoms with van der Waals surface area (Å²) >= 11 is 0. The van der Waals surface area contributed by atoms with E-state index < -0.39 is 17.9 Å². The van der Waals surface area contributed by atoms with Crippen molar-refractivity contribution >= 4 is 63.7 Å². The summed E-state index contributed by atoms with van der Waals surface area (Å²) in [7, 11) is 0. The third-order valence-corrected chi connectivity index (χ3v) is 8.79. The van der Waals surface area contributed by atoms with E-state index in [1.807, 2.05) is 39.8 Å². The van der Waals surface area contributed by atoms with E-state index in [-0.39, 0.29) is 42.9 Å². The maximum absolute atomic E-state index is 13.6. The van der Waals surface area contributed by atoms with Gasteiger partial charge in [-0.3, -0.25) is 39.5 Å². The predicted octanol–water partition coefficient (Wildman–Crippen LogP) is 3.81. The average Bonchev–Trinajstić information content (AvgIpc) is 3.88.